The van der Waals surface area contributed by atoms with Gasteiger partial charge in [0.15, 0.2) is 11.6 Å². The van der Waals surface area contributed by atoms with Crippen molar-refractivity contribution in [1.82, 2.24) is 19.8 Å². The van der Waals surface area contributed by atoms with Gasteiger partial charge in [0.1, 0.15) is 11.5 Å². The van der Waals surface area contributed by atoms with Gasteiger partial charge in [-0.15, -0.1) is 0 Å². The number of imidazole rings is 1. The number of aromatic nitrogens is 3. The van der Waals surface area contributed by atoms with E-state index in [1.165, 1.54) is 37.3 Å². The van der Waals surface area contributed by atoms with Crippen molar-refractivity contribution in [2.75, 3.05) is 31.5 Å². The number of fused-ring (bicyclic) bond motifs is 1. The summed E-state index contributed by atoms with van der Waals surface area (Å²) in [6.07, 6.45) is 4.92. The molecule has 0 aliphatic rings. The summed E-state index contributed by atoms with van der Waals surface area (Å²) in [6, 6.07) is 10.5. The van der Waals surface area contributed by atoms with Crippen molar-refractivity contribution in [3.8, 4) is 17.0 Å². The standard InChI is InChI=1S/C23H21FN6O4/c1-29(16-6-7-17(24)19(10-16)33-2)22(31)15-5-9-21-26-12-18(30(21)13-15)14-4-8-20(25-11-14)27-23(32)28-34-3/h4-13H,1-3H3,(H2,25,27,28,32). The minimum Gasteiger partial charge on any atom is -0.494 e. The maximum absolute atomic E-state index is 13.8. The molecular formula is C23H21FN6O4. The van der Waals surface area contributed by atoms with Gasteiger partial charge in [0.25, 0.3) is 5.91 Å². The minimum atomic E-state index is -0.552. The van der Waals surface area contributed by atoms with Crippen LogP contribution in [0.25, 0.3) is 16.9 Å². The van der Waals surface area contributed by atoms with Gasteiger partial charge in [-0.05, 0) is 36.4 Å². The van der Waals surface area contributed by atoms with Crippen LogP contribution in [-0.4, -0.2) is 47.6 Å². The van der Waals surface area contributed by atoms with Crippen molar-refractivity contribution < 1.29 is 23.6 Å². The van der Waals surface area contributed by atoms with E-state index in [9.17, 15) is 14.0 Å². The van der Waals surface area contributed by atoms with Crippen LogP contribution in [0.15, 0.2) is 61.1 Å². The zero-order valence-corrected chi connectivity index (χ0v) is 18.6. The summed E-state index contributed by atoms with van der Waals surface area (Å²) in [5.74, 6) is -0.420. The molecule has 4 rings (SSSR count). The topological polar surface area (TPSA) is 110 Å². The lowest BCUT2D eigenvalue weighted by Gasteiger charge is -2.18. The average Bonchev–Trinajstić information content (AvgIpc) is 3.27. The fraction of sp³-hybridized carbons (Fsp3) is 0.130. The van der Waals surface area contributed by atoms with E-state index in [4.69, 9.17) is 4.74 Å². The Morgan fingerprint density at radius 3 is 2.59 bits per heavy atom. The number of halogens is 1. The molecule has 2 N–H and O–H groups in total. The maximum Gasteiger partial charge on any atom is 0.344 e. The monoisotopic (exact) mass is 464 g/mol. The molecule has 3 aromatic heterocycles. The second kappa shape index (κ2) is 9.55. The summed E-state index contributed by atoms with van der Waals surface area (Å²) in [5.41, 5.74) is 5.10. The normalized spacial score (nSPS) is 10.7. The van der Waals surface area contributed by atoms with Crippen molar-refractivity contribution in [3.05, 3.63) is 72.4 Å². The zero-order chi connectivity index (χ0) is 24.2. The van der Waals surface area contributed by atoms with Crippen LogP contribution in [0.5, 0.6) is 5.75 Å². The third kappa shape index (κ3) is 4.50. The minimum absolute atomic E-state index is 0.0506. The number of nitrogens with zero attached hydrogens (tertiary/aromatic N) is 4. The van der Waals surface area contributed by atoms with Gasteiger partial charge in [-0.2, -0.15) is 0 Å². The first-order valence-electron chi connectivity index (χ1n) is 10.1. The summed E-state index contributed by atoms with van der Waals surface area (Å²) in [5, 5.41) is 2.53. The van der Waals surface area contributed by atoms with Gasteiger partial charge in [-0.1, -0.05) is 0 Å². The highest BCUT2D eigenvalue weighted by Crippen LogP contribution is 2.26. The first-order valence-corrected chi connectivity index (χ1v) is 10.1. The van der Waals surface area contributed by atoms with Gasteiger partial charge >= 0.3 is 6.03 Å². The van der Waals surface area contributed by atoms with Crippen molar-refractivity contribution >= 4 is 29.1 Å². The summed E-state index contributed by atoms with van der Waals surface area (Å²) >= 11 is 0. The van der Waals surface area contributed by atoms with E-state index in [0.29, 0.717) is 28.4 Å². The van der Waals surface area contributed by atoms with Crippen LogP contribution in [0.4, 0.5) is 20.7 Å². The smallest absolute Gasteiger partial charge is 0.344 e. The lowest BCUT2D eigenvalue weighted by atomic mass is 10.2. The molecule has 0 atom stereocenters. The lowest BCUT2D eigenvalue weighted by molar-refractivity contribution is 0.0992. The molecule has 1 aromatic carbocycles. The predicted molar refractivity (Wildman–Crippen MR) is 123 cm³/mol. The Hall–Kier alpha value is -4.51. The molecule has 0 fully saturated rings. The van der Waals surface area contributed by atoms with Gasteiger partial charge in [0, 0.05) is 36.8 Å². The van der Waals surface area contributed by atoms with E-state index in [1.54, 1.807) is 54.3 Å². The van der Waals surface area contributed by atoms with E-state index >= 15 is 0 Å². The fourth-order valence-corrected chi connectivity index (χ4v) is 3.34. The molecular weight excluding hydrogens is 443 g/mol. The zero-order valence-electron chi connectivity index (χ0n) is 18.6. The van der Waals surface area contributed by atoms with Crippen molar-refractivity contribution in [1.29, 1.82) is 0 Å². The number of hydroxylamine groups is 1. The Morgan fingerprint density at radius 1 is 1.06 bits per heavy atom. The number of urea groups is 1. The third-order valence-electron chi connectivity index (χ3n) is 5.07. The quantitative estimate of drug-likeness (QED) is 0.423. The van der Waals surface area contributed by atoms with Crippen LogP contribution >= 0.6 is 0 Å². The molecule has 0 aliphatic carbocycles. The summed E-state index contributed by atoms with van der Waals surface area (Å²) < 4.78 is 20.5. The molecule has 0 saturated heterocycles. The van der Waals surface area contributed by atoms with Crippen LogP contribution < -0.4 is 20.4 Å². The molecule has 0 saturated carbocycles. The number of pyridine rings is 2. The molecule has 0 spiro atoms. The third-order valence-corrected chi connectivity index (χ3v) is 5.07. The van der Waals surface area contributed by atoms with Crippen LogP contribution in [0, 0.1) is 5.82 Å². The molecule has 4 aromatic rings. The largest absolute Gasteiger partial charge is 0.494 e. The molecule has 3 amide bonds. The van der Waals surface area contributed by atoms with Crippen LogP contribution in [0.2, 0.25) is 0 Å². The lowest BCUT2D eigenvalue weighted by Crippen LogP contribution is -2.27. The molecule has 174 valence electrons. The number of ether oxygens (including phenoxy) is 1. The first-order chi connectivity index (χ1) is 16.4. The maximum atomic E-state index is 13.8. The van der Waals surface area contributed by atoms with E-state index < -0.39 is 11.8 Å². The van der Waals surface area contributed by atoms with E-state index in [-0.39, 0.29) is 11.7 Å². The highest BCUT2D eigenvalue weighted by molar-refractivity contribution is 6.05. The van der Waals surface area contributed by atoms with Crippen LogP contribution in [0.1, 0.15) is 10.4 Å². The van der Waals surface area contributed by atoms with Gasteiger partial charge in [-0.3, -0.25) is 19.3 Å². The number of carbonyl (C=O) groups excluding carboxylic acids is 2. The highest BCUT2D eigenvalue weighted by Gasteiger charge is 2.17. The second-order valence-corrected chi connectivity index (χ2v) is 7.16. The number of carbonyl (C=O) groups is 2. The molecule has 34 heavy (non-hydrogen) atoms. The van der Waals surface area contributed by atoms with Crippen molar-refractivity contribution in [2.24, 2.45) is 0 Å². The average molecular weight is 464 g/mol. The van der Waals surface area contributed by atoms with Gasteiger partial charge in [0.05, 0.1) is 31.7 Å². The Balaban J connectivity index is 1.61. The molecule has 10 nitrogen and oxygen atoms in total. The SMILES string of the molecule is CONC(=O)Nc1ccc(-c2cnc3ccc(C(=O)N(C)c4ccc(F)c(OC)c4)cn23)cn1. The van der Waals surface area contributed by atoms with Gasteiger partial charge in [0.2, 0.25) is 0 Å². The number of rotatable bonds is 6. The van der Waals surface area contributed by atoms with E-state index in [2.05, 4.69) is 25.6 Å². The number of hydrogen-bond donors (Lipinski definition) is 2. The highest BCUT2D eigenvalue weighted by atomic mass is 19.1. The number of anilines is 2. The van der Waals surface area contributed by atoms with E-state index in [0.717, 1.165) is 5.56 Å². The van der Waals surface area contributed by atoms with Crippen molar-refractivity contribution in [3.63, 3.8) is 0 Å². The Labute approximate surface area is 193 Å². The van der Waals surface area contributed by atoms with Crippen LogP contribution in [0.3, 0.4) is 0 Å². The van der Waals surface area contributed by atoms with Crippen LogP contribution in [-0.2, 0) is 4.84 Å². The molecule has 0 aliphatic heterocycles. The Morgan fingerprint density at radius 2 is 1.88 bits per heavy atom. The summed E-state index contributed by atoms with van der Waals surface area (Å²) in [6.45, 7) is 0. The molecule has 0 radical (unpaired) electrons. The number of nitrogens with one attached hydrogen (secondary N) is 2. The Bertz CT molecular complexity index is 1360. The fourth-order valence-electron chi connectivity index (χ4n) is 3.34. The number of hydrogen-bond acceptors (Lipinski definition) is 6. The predicted octanol–water partition coefficient (Wildman–Crippen LogP) is 3.50. The molecule has 11 heteroatoms. The number of methoxy groups -OCH3 is 1. The van der Waals surface area contributed by atoms with Gasteiger partial charge < -0.3 is 9.64 Å². The number of amides is 3. The molecule has 3 heterocycles. The Kier molecular flexibility index (Phi) is 6.37. The number of benzene rings is 1. The van der Waals surface area contributed by atoms with Crippen molar-refractivity contribution in [2.45, 2.75) is 0 Å². The second-order valence-electron chi connectivity index (χ2n) is 7.16. The van der Waals surface area contributed by atoms with E-state index in [1.807, 2.05) is 0 Å². The summed E-state index contributed by atoms with van der Waals surface area (Å²) in [7, 11) is 4.29. The molecule has 0 bridgehead atoms. The first kappa shape index (κ1) is 22.7. The summed E-state index contributed by atoms with van der Waals surface area (Å²) in [4.78, 5) is 39.2. The van der Waals surface area contributed by atoms with Gasteiger partial charge in [-0.25, -0.2) is 24.6 Å². The molecule has 0 unspecified atom stereocenters.